The van der Waals surface area contributed by atoms with Gasteiger partial charge in [-0.1, -0.05) is 17.7 Å². The van der Waals surface area contributed by atoms with E-state index in [9.17, 15) is 9.59 Å². The van der Waals surface area contributed by atoms with Gasteiger partial charge in [-0.2, -0.15) is 0 Å². The third-order valence-electron chi connectivity index (χ3n) is 2.71. The number of carbonyl (C=O) groups excluding carboxylic acids is 2. The van der Waals surface area contributed by atoms with Crippen molar-refractivity contribution in [3.05, 3.63) is 51.2 Å². The van der Waals surface area contributed by atoms with Gasteiger partial charge in [0.15, 0.2) is 0 Å². The highest BCUT2D eigenvalue weighted by Gasteiger charge is 2.11. The average molecular weight is 324 g/mol. The van der Waals surface area contributed by atoms with Crippen molar-refractivity contribution in [1.29, 1.82) is 0 Å². The van der Waals surface area contributed by atoms with Crippen molar-refractivity contribution in [1.82, 2.24) is 10.9 Å². The number of halogens is 1. The minimum Gasteiger partial charge on any atom is -0.378 e. The molecule has 0 spiro atoms. The van der Waals surface area contributed by atoms with Crippen molar-refractivity contribution in [2.75, 3.05) is 19.0 Å². The van der Waals surface area contributed by atoms with Crippen LogP contribution in [0.25, 0.3) is 0 Å². The van der Waals surface area contributed by atoms with E-state index in [0.717, 1.165) is 17.0 Å². The van der Waals surface area contributed by atoms with Crippen molar-refractivity contribution in [2.24, 2.45) is 0 Å². The number of carbonyl (C=O) groups is 2. The van der Waals surface area contributed by atoms with Gasteiger partial charge in [-0.15, -0.1) is 11.3 Å². The first kappa shape index (κ1) is 15.3. The second-order valence-corrected chi connectivity index (χ2v) is 6.17. The van der Waals surface area contributed by atoms with E-state index in [1.165, 1.54) is 0 Å². The summed E-state index contributed by atoms with van der Waals surface area (Å²) in [6.45, 7) is 0. The molecule has 110 valence electrons. The fourth-order valence-corrected chi connectivity index (χ4v) is 2.55. The molecule has 0 saturated heterocycles. The molecule has 0 aliphatic rings. The highest BCUT2D eigenvalue weighted by Crippen LogP contribution is 2.20. The van der Waals surface area contributed by atoms with Crippen LogP contribution in [-0.4, -0.2) is 25.9 Å². The zero-order valence-corrected chi connectivity index (χ0v) is 13.1. The Hall–Kier alpha value is -2.05. The predicted molar refractivity (Wildman–Crippen MR) is 85.0 cm³/mol. The lowest BCUT2D eigenvalue weighted by molar-refractivity contribution is 0.0849. The molecule has 2 N–H and O–H groups in total. The molecular formula is C14H14ClN3O2S. The second-order valence-electron chi connectivity index (χ2n) is 4.46. The Bertz CT molecular complexity index is 670. The molecule has 7 heteroatoms. The maximum absolute atomic E-state index is 12.0. The topological polar surface area (TPSA) is 61.4 Å². The largest absolute Gasteiger partial charge is 0.378 e. The monoisotopic (exact) mass is 323 g/mol. The third kappa shape index (κ3) is 3.96. The molecule has 0 saturated carbocycles. The van der Waals surface area contributed by atoms with E-state index in [4.69, 9.17) is 11.6 Å². The molecule has 2 amide bonds. The first-order valence-electron chi connectivity index (χ1n) is 6.11. The van der Waals surface area contributed by atoms with Crippen LogP contribution in [0.15, 0.2) is 36.4 Å². The summed E-state index contributed by atoms with van der Waals surface area (Å²) < 4.78 is 0.519. The molecular weight excluding hydrogens is 310 g/mol. The van der Waals surface area contributed by atoms with Gasteiger partial charge in [-0.05, 0) is 30.3 Å². The number of hydrogen-bond acceptors (Lipinski definition) is 4. The van der Waals surface area contributed by atoms with E-state index in [-0.39, 0.29) is 5.91 Å². The minimum atomic E-state index is -0.399. The Kier molecular flexibility index (Phi) is 4.82. The van der Waals surface area contributed by atoms with Gasteiger partial charge in [0.25, 0.3) is 11.8 Å². The Morgan fingerprint density at radius 1 is 1.10 bits per heavy atom. The maximum atomic E-state index is 12.0. The van der Waals surface area contributed by atoms with Crippen LogP contribution in [0, 0.1) is 0 Å². The highest BCUT2D eigenvalue weighted by molar-refractivity contribution is 7.17. The molecule has 1 aromatic carbocycles. The number of anilines is 1. The van der Waals surface area contributed by atoms with Crippen LogP contribution in [-0.2, 0) is 0 Å². The standard InChI is InChI=1S/C14H14ClN3O2S/c1-18(2)10-5-3-4-9(8-10)13(19)16-17-14(20)11-6-7-12(15)21-11/h3-8H,1-2H3,(H,16,19)(H,17,20). The van der Waals surface area contributed by atoms with Gasteiger partial charge < -0.3 is 4.90 Å². The summed E-state index contributed by atoms with van der Waals surface area (Å²) in [5.41, 5.74) is 6.10. The van der Waals surface area contributed by atoms with E-state index in [1.54, 1.807) is 30.3 Å². The number of amides is 2. The molecule has 2 rings (SSSR count). The zero-order valence-electron chi connectivity index (χ0n) is 11.5. The van der Waals surface area contributed by atoms with Gasteiger partial charge in [0, 0.05) is 25.3 Å². The van der Waals surface area contributed by atoms with Crippen LogP contribution in [0.3, 0.4) is 0 Å². The second kappa shape index (κ2) is 6.60. The van der Waals surface area contributed by atoms with Crippen LogP contribution >= 0.6 is 22.9 Å². The molecule has 0 radical (unpaired) electrons. The quantitative estimate of drug-likeness (QED) is 0.853. The van der Waals surface area contributed by atoms with E-state index in [1.807, 2.05) is 25.1 Å². The lowest BCUT2D eigenvalue weighted by Gasteiger charge is -2.13. The normalized spacial score (nSPS) is 10.0. The average Bonchev–Trinajstić information content (AvgIpc) is 2.91. The SMILES string of the molecule is CN(C)c1cccc(C(=O)NNC(=O)c2ccc(Cl)s2)c1. The minimum absolute atomic E-state index is 0.380. The molecule has 0 fully saturated rings. The van der Waals surface area contributed by atoms with Crippen molar-refractivity contribution < 1.29 is 9.59 Å². The number of nitrogens with one attached hydrogen (secondary N) is 2. The summed E-state index contributed by atoms with van der Waals surface area (Å²) in [5, 5.41) is 0. The molecule has 5 nitrogen and oxygen atoms in total. The van der Waals surface area contributed by atoms with E-state index in [0.29, 0.717) is 14.8 Å². The Balaban J connectivity index is 1.98. The van der Waals surface area contributed by atoms with Crippen LogP contribution < -0.4 is 15.8 Å². The molecule has 0 aliphatic carbocycles. The van der Waals surface area contributed by atoms with Crippen LogP contribution in [0.4, 0.5) is 5.69 Å². The molecule has 1 heterocycles. The number of hydrazine groups is 1. The summed E-state index contributed by atoms with van der Waals surface area (Å²) >= 11 is 6.90. The van der Waals surface area contributed by atoms with Crippen molar-refractivity contribution >= 4 is 40.4 Å². The third-order valence-corrected chi connectivity index (χ3v) is 3.94. The Morgan fingerprint density at radius 2 is 1.81 bits per heavy atom. The molecule has 0 aliphatic heterocycles. The maximum Gasteiger partial charge on any atom is 0.279 e. The fraction of sp³-hybridized carbons (Fsp3) is 0.143. The molecule has 0 atom stereocenters. The first-order valence-corrected chi connectivity index (χ1v) is 7.30. The first-order chi connectivity index (χ1) is 9.97. The molecule has 0 bridgehead atoms. The van der Waals surface area contributed by atoms with Crippen molar-refractivity contribution in [3.63, 3.8) is 0 Å². The number of benzene rings is 1. The number of thiophene rings is 1. The van der Waals surface area contributed by atoms with Gasteiger partial charge in [0.05, 0.1) is 9.21 Å². The summed E-state index contributed by atoms with van der Waals surface area (Å²) in [6.07, 6.45) is 0. The molecule has 1 aromatic heterocycles. The number of nitrogens with zero attached hydrogens (tertiary/aromatic N) is 1. The summed E-state index contributed by atoms with van der Waals surface area (Å²) in [7, 11) is 3.78. The smallest absolute Gasteiger partial charge is 0.279 e. The number of rotatable bonds is 3. The molecule has 2 aromatic rings. The fourth-order valence-electron chi connectivity index (χ4n) is 1.61. The van der Waals surface area contributed by atoms with Crippen LogP contribution in [0.2, 0.25) is 4.34 Å². The molecule has 0 unspecified atom stereocenters. The van der Waals surface area contributed by atoms with Crippen LogP contribution in [0.1, 0.15) is 20.0 Å². The van der Waals surface area contributed by atoms with E-state index in [2.05, 4.69) is 10.9 Å². The van der Waals surface area contributed by atoms with Crippen molar-refractivity contribution in [3.8, 4) is 0 Å². The summed E-state index contributed by atoms with van der Waals surface area (Å²) in [5.74, 6) is -0.779. The number of hydrogen-bond donors (Lipinski definition) is 2. The predicted octanol–water partition coefficient (Wildman–Crippen LogP) is 2.54. The Labute approximate surface area is 131 Å². The van der Waals surface area contributed by atoms with E-state index >= 15 is 0 Å². The molecule has 21 heavy (non-hydrogen) atoms. The van der Waals surface area contributed by atoms with Gasteiger partial charge in [-0.25, -0.2) is 0 Å². The lowest BCUT2D eigenvalue weighted by atomic mass is 10.2. The van der Waals surface area contributed by atoms with Gasteiger partial charge in [-0.3, -0.25) is 20.4 Å². The lowest BCUT2D eigenvalue weighted by Crippen LogP contribution is -2.41. The van der Waals surface area contributed by atoms with Crippen LogP contribution in [0.5, 0.6) is 0 Å². The summed E-state index contributed by atoms with van der Waals surface area (Å²) in [6, 6.07) is 10.3. The summed E-state index contributed by atoms with van der Waals surface area (Å²) in [4.78, 5) is 26.1. The van der Waals surface area contributed by atoms with E-state index < -0.39 is 5.91 Å². The Morgan fingerprint density at radius 3 is 2.43 bits per heavy atom. The van der Waals surface area contributed by atoms with Gasteiger partial charge >= 0.3 is 0 Å². The van der Waals surface area contributed by atoms with Gasteiger partial charge in [0.2, 0.25) is 0 Å². The van der Waals surface area contributed by atoms with Crippen molar-refractivity contribution in [2.45, 2.75) is 0 Å². The zero-order chi connectivity index (χ0) is 15.4. The highest BCUT2D eigenvalue weighted by atomic mass is 35.5. The van der Waals surface area contributed by atoms with Gasteiger partial charge in [0.1, 0.15) is 0 Å².